The Hall–Kier alpha value is -2.80. The highest BCUT2D eigenvalue weighted by Gasteiger charge is 2.41. The average Bonchev–Trinajstić information content (AvgIpc) is 3.22. The second kappa shape index (κ2) is 7.44. The number of nitrogens with zero attached hydrogens (tertiary/aromatic N) is 4. The molecule has 0 spiro atoms. The third-order valence-electron chi connectivity index (χ3n) is 4.98. The van der Waals surface area contributed by atoms with E-state index < -0.39 is 0 Å². The number of aldehydes is 1. The number of halogens is 1. The van der Waals surface area contributed by atoms with E-state index in [0.717, 1.165) is 37.6 Å². The number of aliphatic hydroxyl groups is 1. The second-order valence-electron chi connectivity index (χ2n) is 7.06. The third kappa shape index (κ3) is 3.42. The standard InChI is InChI=1S/C19H19FN4O.CH4O/c1-19(2)8-6-16(13-4-3-5-15(20)10-13)24(19)17-7-9-23-18(22-17)14(12-25)11-21-23;1-2/h3-5,7,9-12,16H,6,8H2,1-2H3;2H,1H3. The van der Waals surface area contributed by atoms with Gasteiger partial charge in [0, 0.05) is 18.8 Å². The summed E-state index contributed by atoms with van der Waals surface area (Å²) in [4.78, 5) is 18.1. The fourth-order valence-corrected chi connectivity index (χ4v) is 3.76. The van der Waals surface area contributed by atoms with E-state index in [-0.39, 0.29) is 17.4 Å². The van der Waals surface area contributed by atoms with E-state index in [0.29, 0.717) is 11.2 Å². The molecule has 0 bridgehead atoms. The van der Waals surface area contributed by atoms with Gasteiger partial charge < -0.3 is 10.0 Å². The predicted molar refractivity (Wildman–Crippen MR) is 101 cm³/mol. The van der Waals surface area contributed by atoms with E-state index in [1.807, 2.05) is 18.3 Å². The van der Waals surface area contributed by atoms with E-state index in [1.165, 1.54) is 12.3 Å². The fourth-order valence-electron chi connectivity index (χ4n) is 3.76. The van der Waals surface area contributed by atoms with E-state index in [9.17, 15) is 9.18 Å². The van der Waals surface area contributed by atoms with Crippen molar-refractivity contribution < 1.29 is 14.3 Å². The van der Waals surface area contributed by atoms with Crippen LogP contribution in [0.5, 0.6) is 0 Å². The summed E-state index contributed by atoms with van der Waals surface area (Å²) in [6.45, 7) is 4.32. The zero-order valence-corrected chi connectivity index (χ0v) is 15.6. The van der Waals surface area contributed by atoms with Gasteiger partial charge in [0.2, 0.25) is 0 Å². The van der Waals surface area contributed by atoms with E-state index in [4.69, 9.17) is 5.11 Å². The van der Waals surface area contributed by atoms with Gasteiger partial charge in [0.15, 0.2) is 11.9 Å². The first kappa shape index (κ1) is 19.0. The van der Waals surface area contributed by atoms with Crippen molar-refractivity contribution >= 4 is 17.8 Å². The van der Waals surface area contributed by atoms with Crippen molar-refractivity contribution in [3.05, 3.63) is 59.7 Å². The van der Waals surface area contributed by atoms with Gasteiger partial charge in [-0.3, -0.25) is 4.79 Å². The molecule has 0 saturated carbocycles. The normalized spacial score (nSPS) is 18.3. The van der Waals surface area contributed by atoms with E-state index >= 15 is 0 Å². The molecular weight excluding hydrogens is 347 g/mol. The summed E-state index contributed by atoms with van der Waals surface area (Å²) in [5, 5.41) is 11.1. The summed E-state index contributed by atoms with van der Waals surface area (Å²) in [7, 11) is 1.00. The minimum absolute atomic E-state index is 0.0447. The molecule has 1 N–H and O–H groups in total. The summed E-state index contributed by atoms with van der Waals surface area (Å²) in [6.07, 6.45) is 5.97. The van der Waals surface area contributed by atoms with Crippen molar-refractivity contribution in [3.63, 3.8) is 0 Å². The maximum atomic E-state index is 13.7. The molecule has 0 amide bonds. The molecule has 1 aliphatic rings. The van der Waals surface area contributed by atoms with Gasteiger partial charge in [-0.15, -0.1) is 0 Å². The maximum absolute atomic E-state index is 13.7. The molecule has 2 aromatic heterocycles. The van der Waals surface area contributed by atoms with Gasteiger partial charge in [0.25, 0.3) is 0 Å². The molecule has 7 heteroatoms. The lowest BCUT2D eigenvalue weighted by molar-refractivity contribution is 0.112. The number of anilines is 1. The molecule has 0 radical (unpaired) electrons. The van der Waals surface area contributed by atoms with Crippen molar-refractivity contribution in [3.8, 4) is 0 Å². The van der Waals surface area contributed by atoms with Gasteiger partial charge in [-0.1, -0.05) is 12.1 Å². The lowest BCUT2D eigenvalue weighted by atomic mass is 10.0. The average molecular weight is 370 g/mol. The summed E-state index contributed by atoms with van der Waals surface area (Å²) in [5.41, 5.74) is 1.81. The Morgan fingerprint density at radius 3 is 2.78 bits per heavy atom. The number of aromatic nitrogens is 3. The lowest BCUT2D eigenvalue weighted by Crippen LogP contribution is -2.40. The van der Waals surface area contributed by atoms with Crippen molar-refractivity contribution in [2.75, 3.05) is 12.0 Å². The Morgan fingerprint density at radius 2 is 2.07 bits per heavy atom. The maximum Gasteiger partial charge on any atom is 0.167 e. The molecule has 1 unspecified atom stereocenters. The Balaban J connectivity index is 0.00000102. The van der Waals surface area contributed by atoms with Crippen LogP contribution in [0, 0.1) is 5.82 Å². The number of fused-ring (bicyclic) bond motifs is 1. The van der Waals surface area contributed by atoms with Gasteiger partial charge in [-0.25, -0.2) is 13.9 Å². The summed E-state index contributed by atoms with van der Waals surface area (Å²) in [6, 6.07) is 8.69. The van der Waals surface area contributed by atoms with Crippen molar-refractivity contribution in [1.29, 1.82) is 0 Å². The summed E-state index contributed by atoms with van der Waals surface area (Å²) < 4.78 is 15.3. The molecular formula is C20H23FN4O2. The number of hydrogen-bond acceptors (Lipinski definition) is 5. The quantitative estimate of drug-likeness (QED) is 0.716. The lowest BCUT2D eigenvalue weighted by Gasteiger charge is -2.37. The molecule has 142 valence electrons. The Bertz CT molecular complexity index is 954. The largest absolute Gasteiger partial charge is 0.400 e. The molecule has 1 aromatic carbocycles. The van der Waals surface area contributed by atoms with Crippen LogP contribution in [-0.4, -0.2) is 38.6 Å². The highest BCUT2D eigenvalue weighted by molar-refractivity contribution is 5.84. The van der Waals surface area contributed by atoms with Crippen LogP contribution in [0.3, 0.4) is 0 Å². The van der Waals surface area contributed by atoms with Crippen LogP contribution in [-0.2, 0) is 0 Å². The Labute approximate surface area is 157 Å². The van der Waals surface area contributed by atoms with Gasteiger partial charge in [-0.05, 0) is 50.5 Å². The van der Waals surface area contributed by atoms with Gasteiger partial charge in [0.05, 0.1) is 17.8 Å². The summed E-state index contributed by atoms with van der Waals surface area (Å²) >= 11 is 0. The van der Waals surface area contributed by atoms with Crippen molar-refractivity contribution in [2.45, 2.75) is 38.3 Å². The molecule has 1 saturated heterocycles. The second-order valence-corrected chi connectivity index (χ2v) is 7.06. The Kier molecular flexibility index (Phi) is 5.23. The van der Waals surface area contributed by atoms with Crippen LogP contribution < -0.4 is 4.90 Å². The monoisotopic (exact) mass is 370 g/mol. The van der Waals surface area contributed by atoms with E-state index in [2.05, 4.69) is 28.8 Å². The Morgan fingerprint density at radius 1 is 1.30 bits per heavy atom. The zero-order chi connectivity index (χ0) is 19.6. The molecule has 4 rings (SSSR count). The molecule has 1 aliphatic heterocycles. The predicted octanol–water partition coefficient (Wildman–Crippen LogP) is 3.41. The van der Waals surface area contributed by atoms with Crippen LogP contribution in [0.1, 0.15) is 48.7 Å². The molecule has 1 fully saturated rings. The number of aliphatic hydroxyl groups excluding tert-OH is 1. The highest BCUT2D eigenvalue weighted by atomic mass is 19.1. The molecule has 3 heterocycles. The highest BCUT2D eigenvalue weighted by Crippen LogP contribution is 2.44. The summed E-state index contributed by atoms with van der Waals surface area (Å²) in [5.74, 6) is 0.539. The van der Waals surface area contributed by atoms with Crippen LogP contribution in [0.25, 0.3) is 5.65 Å². The molecule has 3 aromatic rings. The van der Waals surface area contributed by atoms with Crippen LogP contribution in [0.15, 0.2) is 42.7 Å². The molecule has 1 atom stereocenters. The van der Waals surface area contributed by atoms with Gasteiger partial charge >= 0.3 is 0 Å². The number of hydrogen-bond donors (Lipinski definition) is 1. The molecule has 0 aliphatic carbocycles. The minimum atomic E-state index is -0.232. The van der Waals surface area contributed by atoms with Crippen LogP contribution >= 0.6 is 0 Å². The van der Waals surface area contributed by atoms with Crippen molar-refractivity contribution in [2.24, 2.45) is 0 Å². The first-order chi connectivity index (χ1) is 13.0. The number of carbonyl (C=O) groups excluding carboxylic acids is 1. The molecule has 27 heavy (non-hydrogen) atoms. The third-order valence-corrected chi connectivity index (χ3v) is 4.98. The first-order valence-electron chi connectivity index (χ1n) is 8.79. The van der Waals surface area contributed by atoms with Gasteiger partial charge in [-0.2, -0.15) is 5.10 Å². The van der Waals surface area contributed by atoms with Crippen LogP contribution in [0.2, 0.25) is 0 Å². The number of rotatable bonds is 3. The first-order valence-corrected chi connectivity index (χ1v) is 8.79. The fraction of sp³-hybridized carbons (Fsp3) is 0.350. The minimum Gasteiger partial charge on any atom is -0.400 e. The molecule has 6 nitrogen and oxygen atoms in total. The topological polar surface area (TPSA) is 70.7 Å². The van der Waals surface area contributed by atoms with Gasteiger partial charge in [0.1, 0.15) is 11.6 Å². The zero-order valence-electron chi connectivity index (χ0n) is 15.6. The smallest absolute Gasteiger partial charge is 0.167 e. The van der Waals surface area contributed by atoms with E-state index in [1.54, 1.807) is 16.6 Å². The van der Waals surface area contributed by atoms with Crippen LogP contribution in [0.4, 0.5) is 10.2 Å². The number of carbonyl (C=O) groups is 1. The van der Waals surface area contributed by atoms with Crippen molar-refractivity contribution in [1.82, 2.24) is 14.6 Å². The SMILES string of the molecule is CC1(C)CCC(c2cccc(F)c2)N1c1ccn2ncc(C=O)c2n1.CO. The number of benzene rings is 1.